The molecule has 0 spiro atoms. The molecule has 0 aliphatic heterocycles. The highest BCUT2D eigenvalue weighted by Crippen LogP contribution is 2.32. The van der Waals surface area contributed by atoms with Crippen molar-refractivity contribution in [3.05, 3.63) is 22.2 Å². The Hall–Kier alpha value is -0.610. The summed E-state index contributed by atoms with van der Waals surface area (Å²) in [6, 6.07) is 4.92. The quantitative estimate of drug-likeness (QED) is 0.868. The summed E-state index contributed by atoms with van der Waals surface area (Å²) >= 11 is 5.30. The number of anilines is 1. The molecule has 0 bridgehead atoms. The maximum atomic E-state index is 4.70. The van der Waals surface area contributed by atoms with E-state index >= 15 is 0 Å². The molecule has 0 radical (unpaired) electrons. The van der Waals surface area contributed by atoms with Gasteiger partial charge in [-0.2, -0.15) is 0 Å². The van der Waals surface area contributed by atoms with Gasteiger partial charge in [0, 0.05) is 10.5 Å². The zero-order valence-electron chi connectivity index (χ0n) is 9.79. The number of aryl methyl sites for hydroxylation is 1. The Morgan fingerprint density at radius 3 is 2.88 bits per heavy atom. The molecule has 1 aliphatic rings. The molecule has 1 aliphatic carbocycles. The molecule has 2 nitrogen and oxygen atoms in total. The van der Waals surface area contributed by atoms with E-state index in [1.165, 1.54) is 35.9 Å². The van der Waals surface area contributed by atoms with Crippen molar-refractivity contribution >= 4 is 42.6 Å². The number of hydrogen-bond donors (Lipinski definition) is 1. The highest BCUT2D eigenvalue weighted by Gasteiger charge is 2.16. The van der Waals surface area contributed by atoms with Gasteiger partial charge in [-0.1, -0.05) is 40.1 Å². The normalized spacial score (nSPS) is 16.8. The molecule has 1 heterocycles. The second-order valence-electron chi connectivity index (χ2n) is 4.71. The maximum Gasteiger partial charge on any atom is 0.184 e. The van der Waals surface area contributed by atoms with Crippen molar-refractivity contribution in [2.45, 2.75) is 38.6 Å². The van der Waals surface area contributed by atoms with Gasteiger partial charge < -0.3 is 5.32 Å². The van der Waals surface area contributed by atoms with E-state index in [4.69, 9.17) is 4.98 Å². The lowest BCUT2D eigenvalue weighted by atomic mass is 10.2. The molecular formula is C13H15BrN2S. The van der Waals surface area contributed by atoms with E-state index in [9.17, 15) is 0 Å². The van der Waals surface area contributed by atoms with Crippen LogP contribution in [0.2, 0.25) is 0 Å². The molecule has 90 valence electrons. The zero-order chi connectivity index (χ0) is 11.8. The van der Waals surface area contributed by atoms with Crippen molar-refractivity contribution < 1.29 is 0 Å². The van der Waals surface area contributed by atoms with Crippen LogP contribution in [0.25, 0.3) is 10.2 Å². The Kier molecular flexibility index (Phi) is 3.09. The van der Waals surface area contributed by atoms with E-state index in [2.05, 4.69) is 40.3 Å². The lowest BCUT2D eigenvalue weighted by Crippen LogP contribution is -2.13. The highest BCUT2D eigenvalue weighted by molar-refractivity contribution is 9.10. The second kappa shape index (κ2) is 4.58. The average Bonchev–Trinajstić information content (AvgIpc) is 2.87. The van der Waals surface area contributed by atoms with Crippen LogP contribution in [-0.4, -0.2) is 11.0 Å². The zero-order valence-corrected chi connectivity index (χ0v) is 12.2. The molecule has 0 unspecified atom stereocenters. The van der Waals surface area contributed by atoms with Crippen LogP contribution in [0.1, 0.15) is 31.2 Å². The van der Waals surface area contributed by atoms with Crippen LogP contribution in [0.5, 0.6) is 0 Å². The Morgan fingerprint density at radius 1 is 1.35 bits per heavy atom. The van der Waals surface area contributed by atoms with Crippen LogP contribution in [0.4, 0.5) is 5.13 Å². The predicted molar refractivity (Wildman–Crippen MR) is 77.9 cm³/mol. The van der Waals surface area contributed by atoms with Crippen LogP contribution in [0.15, 0.2) is 16.6 Å². The number of aromatic nitrogens is 1. The number of rotatable bonds is 2. The minimum absolute atomic E-state index is 0.638. The van der Waals surface area contributed by atoms with Gasteiger partial charge in [-0.3, -0.25) is 0 Å². The molecule has 17 heavy (non-hydrogen) atoms. The van der Waals surface area contributed by atoms with Gasteiger partial charge in [0.15, 0.2) is 5.13 Å². The van der Waals surface area contributed by atoms with Crippen molar-refractivity contribution in [3.8, 4) is 0 Å². The molecule has 1 N–H and O–H groups in total. The van der Waals surface area contributed by atoms with Gasteiger partial charge in [0.2, 0.25) is 0 Å². The first-order chi connectivity index (χ1) is 8.22. The summed E-state index contributed by atoms with van der Waals surface area (Å²) in [6.45, 7) is 2.12. The summed E-state index contributed by atoms with van der Waals surface area (Å²) in [5.41, 5.74) is 2.38. The number of nitrogens with one attached hydrogen (secondary N) is 1. The third-order valence-electron chi connectivity index (χ3n) is 3.33. The lowest BCUT2D eigenvalue weighted by molar-refractivity contribution is 0.754. The van der Waals surface area contributed by atoms with Gasteiger partial charge in [-0.25, -0.2) is 4.98 Å². The third kappa shape index (κ3) is 2.33. The maximum absolute atomic E-state index is 4.70. The summed E-state index contributed by atoms with van der Waals surface area (Å²) in [5.74, 6) is 0. The van der Waals surface area contributed by atoms with Crippen LogP contribution >= 0.6 is 27.3 Å². The first-order valence-electron chi connectivity index (χ1n) is 6.05. The molecule has 1 fully saturated rings. The van der Waals surface area contributed by atoms with Crippen molar-refractivity contribution in [2.24, 2.45) is 0 Å². The summed E-state index contributed by atoms with van der Waals surface area (Å²) in [6.07, 6.45) is 5.29. The number of nitrogens with zero attached hydrogens (tertiary/aromatic N) is 1. The smallest absolute Gasteiger partial charge is 0.184 e. The fraction of sp³-hybridized carbons (Fsp3) is 0.462. The number of benzene rings is 1. The standard InChI is InChI=1S/C13H15BrN2S/c1-8-6-9(14)7-11-12(8)16-13(17-11)15-10-4-2-3-5-10/h6-7,10H,2-5H2,1H3,(H,15,16). The first-order valence-corrected chi connectivity index (χ1v) is 7.66. The molecule has 0 amide bonds. The SMILES string of the molecule is Cc1cc(Br)cc2sc(NC3CCCC3)nc12. The van der Waals surface area contributed by atoms with E-state index in [1.807, 2.05) is 0 Å². The van der Waals surface area contributed by atoms with E-state index < -0.39 is 0 Å². The van der Waals surface area contributed by atoms with E-state index in [-0.39, 0.29) is 0 Å². The number of fused-ring (bicyclic) bond motifs is 1. The molecule has 0 atom stereocenters. The average molecular weight is 311 g/mol. The summed E-state index contributed by atoms with van der Waals surface area (Å²) in [7, 11) is 0. The summed E-state index contributed by atoms with van der Waals surface area (Å²) < 4.78 is 2.40. The predicted octanol–water partition coefficient (Wildman–Crippen LogP) is 4.72. The number of thiazole rings is 1. The molecule has 0 saturated heterocycles. The van der Waals surface area contributed by atoms with Crippen LogP contribution < -0.4 is 5.32 Å². The van der Waals surface area contributed by atoms with Gasteiger partial charge in [-0.15, -0.1) is 0 Å². The van der Waals surface area contributed by atoms with Crippen molar-refractivity contribution in [1.82, 2.24) is 4.98 Å². The Labute approximate surface area is 114 Å². The van der Waals surface area contributed by atoms with Gasteiger partial charge >= 0.3 is 0 Å². The van der Waals surface area contributed by atoms with Gasteiger partial charge in [0.25, 0.3) is 0 Å². The van der Waals surface area contributed by atoms with Crippen molar-refractivity contribution in [3.63, 3.8) is 0 Å². The van der Waals surface area contributed by atoms with Crippen LogP contribution in [0.3, 0.4) is 0 Å². The molecular weight excluding hydrogens is 296 g/mol. The van der Waals surface area contributed by atoms with Crippen LogP contribution in [0, 0.1) is 6.92 Å². The third-order valence-corrected chi connectivity index (χ3v) is 4.72. The summed E-state index contributed by atoms with van der Waals surface area (Å²) in [5, 5.41) is 4.65. The largest absolute Gasteiger partial charge is 0.359 e. The van der Waals surface area contributed by atoms with E-state index in [0.29, 0.717) is 6.04 Å². The van der Waals surface area contributed by atoms with E-state index in [1.54, 1.807) is 11.3 Å². The Balaban J connectivity index is 1.93. The van der Waals surface area contributed by atoms with Crippen LogP contribution in [-0.2, 0) is 0 Å². The minimum Gasteiger partial charge on any atom is -0.359 e. The van der Waals surface area contributed by atoms with E-state index in [0.717, 1.165) is 15.1 Å². The lowest BCUT2D eigenvalue weighted by Gasteiger charge is -2.09. The molecule has 1 aromatic carbocycles. The summed E-state index contributed by atoms with van der Waals surface area (Å²) in [4.78, 5) is 4.70. The number of hydrogen-bond acceptors (Lipinski definition) is 3. The van der Waals surface area contributed by atoms with Gasteiger partial charge in [0.1, 0.15) is 0 Å². The highest BCUT2D eigenvalue weighted by atomic mass is 79.9. The second-order valence-corrected chi connectivity index (χ2v) is 6.66. The molecule has 1 saturated carbocycles. The topological polar surface area (TPSA) is 24.9 Å². The Morgan fingerprint density at radius 2 is 2.12 bits per heavy atom. The fourth-order valence-electron chi connectivity index (χ4n) is 2.46. The first kappa shape index (κ1) is 11.5. The van der Waals surface area contributed by atoms with Crippen molar-refractivity contribution in [1.29, 1.82) is 0 Å². The number of halogens is 1. The van der Waals surface area contributed by atoms with Crippen molar-refractivity contribution in [2.75, 3.05) is 5.32 Å². The van der Waals surface area contributed by atoms with Gasteiger partial charge in [0.05, 0.1) is 10.2 Å². The molecule has 2 aromatic rings. The minimum atomic E-state index is 0.638. The van der Waals surface area contributed by atoms with Gasteiger partial charge in [-0.05, 0) is 37.5 Å². The fourth-order valence-corrected chi connectivity index (χ4v) is 4.24. The molecule has 4 heteroatoms. The Bertz CT molecular complexity index is 544. The molecule has 1 aromatic heterocycles. The monoisotopic (exact) mass is 310 g/mol. The molecule has 3 rings (SSSR count).